The second kappa shape index (κ2) is 8.04. The van der Waals surface area contributed by atoms with Gasteiger partial charge in [0, 0.05) is 22.6 Å². The Labute approximate surface area is 162 Å². The molecule has 0 radical (unpaired) electrons. The lowest BCUT2D eigenvalue weighted by Gasteiger charge is -2.23. The molecular weight excluding hydrogens is 392 g/mol. The van der Waals surface area contributed by atoms with E-state index in [0.29, 0.717) is 18.2 Å². The van der Waals surface area contributed by atoms with Crippen LogP contribution in [0.2, 0.25) is 0 Å². The summed E-state index contributed by atoms with van der Waals surface area (Å²) in [5.74, 6) is -0.242. The first-order valence-corrected chi connectivity index (χ1v) is 9.62. The van der Waals surface area contributed by atoms with Crippen LogP contribution in [0.15, 0.2) is 46.9 Å². The SMILES string of the molecule is Cc1cc(C)cc(C(=O)NCC(=O)N(Cc2cccc(Br)c2)C2CC2)c1. The van der Waals surface area contributed by atoms with E-state index in [1.54, 1.807) is 0 Å². The molecular formula is C21H23BrN2O2. The Balaban J connectivity index is 1.62. The maximum absolute atomic E-state index is 12.7. The number of hydrogen-bond acceptors (Lipinski definition) is 2. The molecule has 0 spiro atoms. The summed E-state index contributed by atoms with van der Waals surface area (Å²) < 4.78 is 1.00. The van der Waals surface area contributed by atoms with Crippen LogP contribution >= 0.6 is 15.9 Å². The Morgan fingerprint density at radius 3 is 2.42 bits per heavy atom. The number of amides is 2. The molecule has 1 fully saturated rings. The first-order valence-electron chi connectivity index (χ1n) is 8.83. The van der Waals surface area contributed by atoms with Crippen molar-refractivity contribution < 1.29 is 9.59 Å². The van der Waals surface area contributed by atoms with Crippen LogP contribution in [0.1, 0.15) is 39.9 Å². The molecule has 4 nitrogen and oxygen atoms in total. The molecule has 3 rings (SSSR count). The topological polar surface area (TPSA) is 49.4 Å². The van der Waals surface area contributed by atoms with Gasteiger partial charge in [0.1, 0.15) is 0 Å². The Kier molecular flexibility index (Phi) is 5.77. The highest BCUT2D eigenvalue weighted by atomic mass is 79.9. The first kappa shape index (κ1) is 18.6. The molecule has 1 N–H and O–H groups in total. The number of nitrogens with zero attached hydrogens (tertiary/aromatic N) is 1. The van der Waals surface area contributed by atoms with E-state index in [0.717, 1.165) is 34.0 Å². The van der Waals surface area contributed by atoms with Gasteiger partial charge in [0.05, 0.1) is 6.54 Å². The third-order valence-corrected chi connectivity index (χ3v) is 4.93. The second-order valence-electron chi connectivity index (χ2n) is 6.94. The van der Waals surface area contributed by atoms with Crippen LogP contribution in [0.4, 0.5) is 0 Å². The maximum Gasteiger partial charge on any atom is 0.251 e. The molecule has 1 aliphatic rings. The van der Waals surface area contributed by atoms with Gasteiger partial charge in [0.15, 0.2) is 0 Å². The predicted molar refractivity (Wildman–Crippen MR) is 106 cm³/mol. The minimum Gasteiger partial charge on any atom is -0.343 e. The zero-order valence-electron chi connectivity index (χ0n) is 15.1. The summed E-state index contributed by atoms with van der Waals surface area (Å²) in [4.78, 5) is 26.9. The lowest BCUT2D eigenvalue weighted by Crippen LogP contribution is -2.41. The van der Waals surface area contributed by atoms with Crippen molar-refractivity contribution in [3.05, 3.63) is 69.2 Å². The summed E-state index contributed by atoms with van der Waals surface area (Å²) in [6, 6.07) is 14.0. The van der Waals surface area contributed by atoms with Gasteiger partial charge < -0.3 is 10.2 Å². The van der Waals surface area contributed by atoms with Gasteiger partial charge in [-0.3, -0.25) is 9.59 Å². The Morgan fingerprint density at radius 1 is 1.12 bits per heavy atom. The van der Waals surface area contributed by atoms with E-state index in [9.17, 15) is 9.59 Å². The highest BCUT2D eigenvalue weighted by Gasteiger charge is 2.32. The third kappa shape index (κ3) is 4.94. The van der Waals surface area contributed by atoms with Crippen molar-refractivity contribution in [2.75, 3.05) is 6.54 Å². The number of aryl methyl sites for hydroxylation is 2. The van der Waals surface area contributed by atoms with E-state index in [1.165, 1.54) is 0 Å². The van der Waals surface area contributed by atoms with Crippen molar-refractivity contribution >= 4 is 27.7 Å². The van der Waals surface area contributed by atoms with Gasteiger partial charge in [-0.05, 0) is 56.5 Å². The van der Waals surface area contributed by atoms with Crippen LogP contribution < -0.4 is 5.32 Å². The van der Waals surface area contributed by atoms with Gasteiger partial charge in [-0.1, -0.05) is 45.3 Å². The monoisotopic (exact) mass is 414 g/mol. The number of rotatable bonds is 6. The number of nitrogens with one attached hydrogen (secondary N) is 1. The Hall–Kier alpha value is -2.14. The highest BCUT2D eigenvalue weighted by Crippen LogP contribution is 2.28. The molecule has 2 aromatic rings. The second-order valence-corrected chi connectivity index (χ2v) is 7.86. The smallest absolute Gasteiger partial charge is 0.251 e. The molecule has 2 aromatic carbocycles. The maximum atomic E-state index is 12.7. The number of carbonyl (C=O) groups excluding carboxylic acids is 2. The summed E-state index contributed by atoms with van der Waals surface area (Å²) in [5, 5.41) is 2.77. The quantitative estimate of drug-likeness (QED) is 0.776. The fourth-order valence-corrected chi connectivity index (χ4v) is 3.55. The molecule has 2 amide bonds. The predicted octanol–water partition coefficient (Wildman–Crippen LogP) is 3.99. The van der Waals surface area contributed by atoms with Crippen molar-refractivity contribution in [2.45, 2.75) is 39.3 Å². The van der Waals surface area contributed by atoms with E-state index < -0.39 is 0 Å². The van der Waals surface area contributed by atoms with Crippen LogP contribution in [0.5, 0.6) is 0 Å². The summed E-state index contributed by atoms with van der Waals surface area (Å²) in [5.41, 5.74) is 3.76. The molecule has 5 heteroatoms. The van der Waals surface area contributed by atoms with Crippen molar-refractivity contribution in [1.82, 2.24) is 10.2 Å². The highest BCUT2D eigenvalue weighted by molar-refractivity contribution is 9.10. The van der Waals surface area contributed by atoms with Crippen molar-refractivity contribution in [2.24, 2.45) is 0 Å². The summed E-state index contributed by atoms with van der Waals surface area (Å²) in [6.45, 7) is 4.52. The van der Waals surface area contributed by atoms with Gasteiger partial charge in [0.2, 0.25) is 5.91 Å². The lowest BCUT2D eigenvalue weighted by molar-refractivity contribution is -0.131. The first-order chi connectivity index (χ1) is 12.4. The van der Waals surface area contributed by atoms with E-state index >= 15 is 0 Å². The summed E-state index contributed by atoms with van der Waals surface area (Å²) in [7, 11) is 0. The molecule has 0 aromatic heterocycles. The standard InChI is InChI=1S/C21H23BrN2O2/c1-14-8-15(2)10-17(9-14)21(26)23-12-20(25)24(19-6-7-19)13-16-4-3-5-18(22)11-16/h3-5,8-11,19H,6-7,12-13H2,1-2H3,(H,23,26). The van der Waals surface area contributed by atoms with E-state index in [2.05, 4.69) is 21.2 Å². The summed E-state index contributed by atoms with van der Waals surface area (Å²) >= 11 is 3.47. The van der Waals surface area contributed by atoms with Crippen molar-refractivity contribution in [3.63, 3.8) is 0 Å². The summed E-state index contributed by atoms with van der Waals surface area (Å²) in [6.07, 6.45) is 2.07. The molecule has 136 valence electrons. The van der Waals surface area contributed by atoms with Crippen LogP contribution in [0, 0.1) is 13.8 Å². The van der Waals surface area contributed by atoms with Crippen molar-refractivity contribution in [1.29, 1.82) is 0 Å². The fraction of sp³-hybridized carbons (Fsp3) is 0.333. The normalized spacial score (nSPS) is 13.3. The third-order valence-electron chi connectivity index (χ3n) is 4.43. The van der Waals surface area contributed by atoms with Gasteiger partial charge in [-0.2, -0.15) is 0 Å². The zero-order valence-corrected chi connectivity index (χ0v) is 16.7. The molecule has 0 atom stereocenters. The molecule has 0 heterocycles. The van der Waals surface area contributed by atoms with Gasteiger partial charge >= 0.3 is 0 Å². The molecule has 0 saturated heterocycles. The molecule has 1 aliphatic carbocycles. The van der Waals surface area contributed by atoms with Gasteiger partial charge in [-0.25, -0.2) is 0 Å². The van der Waals surface area contributed by atoms with E-state index in [4.69, 9.17) is 0 Å². The minimum absolute atomic E-state index is 0.0241. The zero-order chi connectivity index (χ0) is 18.7. The number of hydrogen-bond donors (Lipinski definition) is 1. The minimum atomic E-state index is -0.205. The van der Waals surface area contributed by atoms with E-state index in [1.807, 2.05) is 61.2 Å². The van der Waals surface area contributed by atoms with Crippen LogP contribution in [-0.4, -0.2) is 29.3 Å². The number of benzene rings is 2. The van der Waals surface area contributed by atoms with E-state index in [-0.39, 0.29) is 18.4 Å². The lowest BCUT2D eigenvalue weighted by atomic mass is 10.1. The van der Waals surface area contributed by atoms with Crippen LogP contribution in [0.3, 0.4) is 0 Å². The molecule has 26 heavy (non-hydrogen) atoms. The fourth-order valence-electron chi connectivity index (χ4n) is 3.10. The average Bonchev–Trinajstić information content (AvgIpc) is 3.41. The Bertz CT molecular complexity index is 810. The van der Waals surface area contributed by atoms with Gasteiger partial charge in [0.25, 0.3) is 5.91 Å². The molecule has 1 saturated carbocycles. The van der Waals surface area contributed by atoms with Crippen molar-refractivity contribution in [3.8, 4) is 0 Å². The average molecular weight is 415 g/mol. The number of halogens is 1. The molecule has 0 bridgehead atoms. The molecule has 0 aliphatic heterocycles. The Morgan fingerprint density at radius 2 is 1.81 bits per heavy atom. The van der Waals surface area contributed by atoms with Gasteiger partial charge in [-0.15, -0.1) is 0 Å². The molecule has 0 unspecified atom stereocenters. The largest absolute Gasteiger partial charge is 0.343 e. The van der Waals surface area contributed by atoms with Crippen LogP contribution in [0.25, 0.3) is 0 Å². The van der Waals surface area contributed by atoms with Crippen LogP contribution in [-0.2, 0) is 11.3 Å². The number of carbonyl (C=O) groups is 2.